The average molecular weight is 445 g/mol. The zero-order valence-electron chi connectivity index (χ0n) is 14.9. The first-order chi connectivity index (χ1) is 13.4. The maximum absolute atomic E-state index is 12.7. The summed E-state index contributed by atoms with van der Waals surface area (Å²) in [5, 5.41) is 12.0. The van der Waals surface area contributed by atoms with Gasteiger partial charge in [0.15, 0.2) is 0 Å². The largest absolute Gasteiger partial charge is 0.480 e. The summed E-state index contributed by atoms with van der Waals surface area (Å²) >= 11 is 3.34. The van der Waals surface area contributed by atoms with Crippen molar-refractivity contribution in [1.82, 2.24) is 19.9 Å². The van der Waals surface area contributed by atoms with E-state index in [1.54, 1.807) is 54.5 Å². The highest BCUT2D eigenvalue weighted by Crippen LogP contribution is 2.24. The number of halogens is 1. The van der Waals surface area contributed by atoms with Crippen molar-refractivity contribution in [3.8, 4) is 11.6 Å². The van der Waals surface area contributed by atoms with Crippen LogP contribution < -0.4 is 10.1 Å². The summed E-state index contributed by atoms with van der Waals surface area (Å²) in [4.78, 5) is 32.5. The Hall–Kier alpha value is -3.20. The lowest BCUT2D eigenvalue weighted by Gasteiger charge is -2.15. The van der Waals surface area contributed by atoms with Gasteiger partial charge in [0, 0.05) is 30.3 Å². The molecule has 0 saturated heterocycles. The van der Waals surface area contributed by atoms with Gasteiger partial charge in [-0.15, -0.1) is 0 Å². The van der Waals surface area contributed by atoms with Gasteiger partial charge in [-0.2, -0.15) is 0 Å². The van der Waals surface area contributed by atoms with Crippen molar-refractivity contribution < 1.29 is 19.4 Å². The number of aromatic nitrogens is 3. The molecule has 3 rings (SSSR count). The van der Waals surface area contributed by atoms with E-state index in [1.165, 1.54) is 12.3 Å². The van der Waals surface area contributed by atoms with Gasteiger partial charge >= 0.3 is 5.97 Å². The molecular formula is C19H17BrN4O4. The first kappa shape index (κ1) is 19.6. The highest BCUT2D eigenvalue weighted by molar-refractivity contribution is 9.10. The van der Waals surface area contributed by atoms with Gasteiger partial charge in [-0.3, -0.25) is 4.79 Å². The van der Waals surface area contributed by atoms with Crippen LogP contribution >= 0.6 is 15.9 Å². The highest BCUT2D eigenvalue weighted by Gasteiger charge is 2.24. The molecule has 3 aromatic rings. The molecule has 9 heteroatoms. The minimum atomic E-state index is -1.15. The Labute approximate surface area is 169 Å². The van der Waals surface area contributed by atoms with Crippen LogP contribution in [0, 0.1) is 0 Å². The quantitative estimate of drug-likeness (QED) is 0.580. The zero-order chi connectivity index (χ0) is 20.1. The van der Waals surface area contributed by atoms with Gasteiger partial charge in [-0.25, -0.2) is 14.8 Å². The maximum atomic E-state index is 12.7. The van der Waals surface area contributed by atoms with Crippen LogP contribution in [0.4, 0.5) is 0 Å². The Morgan fingerprint density at radius 2 is 2.00 bits per heavy atom. The molecule has 0 bridgehead atoms. The molecule has 1 aromatic carbocycles. The molecule has 1 amide bonds. The number of pyridine rings is 1. The number of carbonyl (C=O) groups is 2. The fourth-order valence-corrected chi connectivity index (χ4v) is 2.74. The van der Waals surface area contributed by atoms with Crippen molar-refractivity contribution in [2.75, 3.05) is 0 Å². The molecule has 2 N–H and O–H groups in total. The molecule has 0 aliphatic carbocycles. The maximum Gasteiger partial charge on any atom is 0.326 e. The summed E-state index contributed by atoms with van der Waals surface area (Å²) in [6, 6.07) is 9.01. The molecule has 2 aromatic heterocycles. The van der Waals surface area contributed by atoms with Gasteiger partial charge in [-0.05, 0) is 36.4 Å². The van der Waals surface area contributed by atoms with E-state index < -0.39 is 17.9 Å². The number of carboxylic acids is 1. The second kappa shape index (κ2) is 8.66. The molecular weight excluding hydrogens is 428 g/mol. The van der Waals surface area contributed by atoms with Crippen LogP contribution in [-0.4, -0.2) is 37.6 Å². The number of hydrogen-bond donors (Lipinski definition) is 2. The molecule has 0 saturated carbocycles. The van der Waals surface area contributed by atoms with Crippen molar-refractivity contribution in [2.24, 2.45) is 7.05 Å². The van der Waals surface area contributed by atoms with Gasteiger partial charge in [0.2, 0.25) is 5.88 Å². The van der Waals surface area contributed by atoms with Crippen LogP contribution in [0.3, 0.4) is 0 Å². The van der Waals surface area contributed by atoms with E-state index in [0.29, 0.717) is 11.4 Å². The normalized spacial score (nSPS) is 11.6. The number of nitrogens with one attached hydrogen (secondary N) is 1. The minimum Gasteiger partial charge on any atom is -0.480 e. The van der Waals surface area contributed by atoms with Crippen LogP contribution in [0.1, 0.15) is 16.1 Å². The monoisotopic (exact) mass is 444 g/mol. The standard InChI is InChI=1S/C19H17BrN4O4/c1-24-10-13(22-11-24)9-16(19(26)27)23-17(25)15-3-2-8-21-18(15)28-14-6-4-12(20)5-7-14/h2-8,10-11,16H,9H2,1H3,(H,23,25)(H,26,27)/t16-/m0/s1. The van der Waals surface area contributed by atoms with Crippen molar-refractivity contribution in [1.29, 1.82) is 0 Å². The Kier molecular flexibility index (Phi) is 6.05. The van der Waals surface area contributed by atoms with Gasteiger partial charge in [0.1, 0.15) is 17.4 Å². The summed E-state index contributed by atoms with van der Waals surface area (Å²) in [5.41, 5.74) is 0.699. The third kappa shape index (κ3) is 4.95. The summed E-state index contributed by atoms with van der Waals surface area (Å²) < 4.78 is 8.29. The minimum absolute atomic E-state index is 0.0606. The molecule has 0 aliphatic heterocycles. The highest BCUT2D eigenvalue weighted by atomic mass is 79.9. The van der Waals surface area contributed by atoms with Crippen LogP contribution in [-0.2, 0) is 18.3 Å². The van der Waals surface area contributed by atoms with E-state index in [4.69, 9.17) is 4.74 Å². The number of imidazole rings is 1. The summed E-state index contributed by atoms with van der Waals surface area (Å²) in [5.74, 6) is -1.16. The van der Waals surface area contributed by atoms with E-state index in [2.05, 4.69) is 31.2 Å². The number of carboxylic acid groups (broad SMARTS) is 1. The number of carbonyl (C=O) groups excluding carboxylic acids is 1. The Bertz CT molecular complexity index is 988. The lowest BCUT2D eigenvalue weighted by molar-refractivity contribution is -0.139. The molecule has 2 heterocycles. The number of nitrogens with zero attached hydrogens (tertiary/aromatic N) is 3. The number of ether oxygens (including phenoxy) is 1. The van der Waals surface area contributed by atoms with E-state index in [-0.39, 0.29) is 17.9 Å². The first-order valence-electron chi connectivity index (χ1n) is 8.31. The SMILES string of the molecule is Cn1cnc(C[C@H](NC(=O)c2cccnc2Oc2ccc(Br)cc2)C(=O)O)c1. The van der Waals surface area contributed by atoms with E-state index in [0.717, 1.165) is 4.47 Å². The van der Waals surface area contributed by atoms with Crippen LogP contribution in [0.5, 0.6) is 11.6 Å². The third-order valence-corrected chi connectivity index (χ3v) is 4.35. The smallest absolute Gasteiger partial charge is 0.326 e. The molecule has 0 radical (unpaired) electrons. The number of hydrogen-bond acceptors (Lipinski definition) is 5. The number of rotatable bonds is 7. The Balaban J connectivity index is 1.77. The van der Waals surface area contributed by atoms with Gasteiger partial charge < -0.3 is 19.7 Å². The van der Waals surface area contributed by atoms with E-state index in [1.807, 2.05) is 0 Å². The first-order valence-corrected chi connectivity index (χ1v) is 9.10. The molecule has 144 valence electrons. The molecule has 0 unspecified atom stereocenters. The number of aliphatic carboxylic acids is 1. The number of benzene rings is 1. The second-order valence-electron chi connectivity index (χ2n) is 6.01. The molecule has 8 nitrogen and oxygen atoms in total. The van der Waals surface area contributed by atoms with Crippen molar-refractivity contribution in [3.05, 3.63) is 70.8 Å². The average Bonchev–Trinajstić information content (AvgIpc) is 3.08. The molecule has 0 spiro atoms. The van der Waals surface area contributed by atoms with Crippen LogP contribution in [0.25, 0.3) is 0 Å². The fourth-order valence-electron chi connectivity index (χ4n) is 2.48. The van der Waals surface area contributed by atoms with Crippen molar-refractivity contribution >= 4 is 27.8 Å². The predicted octanol–water partition coefficient (Wildman–Crippen LogP) is 2.80. The van der Waals surface area contributed by atoms with Gasteiger partial charge in [0.25, 0.3) is 5.91 Å². The fraction of sp³-hybridized carbons (Fsp3) is 0.158. The number of aryl methyl sites for hydroxylation is 1. The van der Waals surface area contributed by atoms with Gasteiger partial charge in [-0.1, -0.05) is 15.9 Å². The third-order valence-electron chi connectivity index (χ3n) is 3.82. The van der Waals surface area contributed by atoms with Crippen molar-refractivity contribution in [3.63, 3.8) is 0 Å². The predicted molar refractivity (Wildman–Crippen MR) is 104 cm³/mol. The molecule has 1 atom stereocenters. The zero-order valence-corrected chi connectivity index (χ0v) is 16.5. The second-order valence-corrected chi connectivity index (χ2v) is 6.93. The molecule has 0 fully saturated rings. The topological polar surface area (TPSA) is 106 Å². The van der Waals surface area contributed by atoms with Crippen molar-refractivity contribution in [2.45, 2.75) is 12.5 Å². The van der Waals surface area contributed by atoms with Gasteiger partial charge in [0.05, 0.1) is 12.0 Å². The Morgan fingerprint density at radius 1 is 1.25 bits per heavy atom. The van der Waals surface area contributed by atoms with Crippen LogP contribution in [0.15, 0.2) is 59.6 Å². The van der Waals surface area contributed by atoms with E-state index in [9.17, 15) is 14.7 Å². The lowest BCUT2D eigenvalue weighted by atomic mass is 10.1. The summed E-state index contributed by atoms with van der Waals surface area (Å²) in [7, 11) is 1.78. The molecule has 0 aliphatic rings. The summed E-state index contributed by atoms with van der Waals surface area (Å²) in [6.45, 7) is 0. The summed E-state index contributed by atoms with van der Waals surface area (Å²) in [6.07, 6.45) is 4.83. The molecule has 28 heavy (non-hydrogen) atoms. The number of amides is 1. The lowest BCUT2D eigenvalue weighted by Crippen LogP contribution is -2.42. The Morgan fingerprint density at radius 3 is 2.64 bits per heavy atom. The van der Waals surface area contributed by atoms with E-state index >= 15 is 0 Å². The van der Waals surface area contributed by atoms with Crippen LogP contribution in [0.2, 0.25) is 0 Å².